The standard InChI is InChI=1S/C13H19N3O4S/c1-4-20-13(17)11-9(2)12(10(3)16-11)21(18,19)15-8-6-5-7-14/h15-16H,4-6,8H2,1-3H3. The lowest BCUT2D eigenvalue weighted by atomic mass is 10.2. The van der Waals surface area contributed by atoms with E-state index in [1.807, 2.05) is 6.07 Å². The lowest BCUT2D eigenvalue weighted by Gasteiger charge is -2.06. The number of hydrogen-bond donors (Lipinski definition) is 2. The molecule has 0 fully saturated rings. The van der Waals surface area contributed by atoms with Gasteiger partial charge < -0.3 is 9.72 Å². The van der Waals surface area contributed by atoms with Crippen LogP contribution in [0.5, 0.6) is 0 Å². The summed E-state index contributed by atoms with van der Waals surface area (Å²) in [6, 6.07) is 1.95. The Hall–Kier alpha value is -1.85. The van der Waals surface area contributed by atoms with Crippen molar-refractivity contribution >= 4 is 16.0 Å². The van der Waals surface area contributed by atoms with E-state index in [0.29, 0.717) is 17.7 Å². The Balaban J connectivity index is 3.02. The number of carbonyl (C=O) groups excluding carboxylic acids is 1. The number of nitrogens with one attached hydrogen (secondary N) is 2. The topological polar surface area (TPSA) is 112 Å². The molecule has 1 aromatic heterocycles. The van der Waals surface area contributed by atoms with Gasteiger partial charge in [-0.15, -0.1) is 0 Å². The molecule has 0 unspecified atom stereocenters. The molecule has 0 aromatic carbocycles. The van der Waals surface area contributed by atoms with Gasteiger partial charge in [0, 0.05) is 24.2 Å². The van der Waals surface area contributed by atoms with Gasteiger partial charge in [0.2, 0.25) is 10.0 Å². The highest BCUT2D eigenvalue weighted by molar-refractivity contribution is 7.89. The number of hydrogen-bond acceptors (Lipinski definition) is 5. The predicted molar refractivity (Wildman–Crippen MR) is 76.3 cm³/mol. The molecule has 8 heteroatoms. The van der Waals surface area contributed by atoms with E-state index in [4.69, 9.17) is 10.00 Å². The quantitative estimate of drug-likeness (QED) is 0.583. The normalized spacial score (nSPS) is 11.1. The Bertz CT molecular complexity index is 656. The third-order valence-corrected chi connectivity index (χ3v) is 4.61. The Labute approximate surface area is 124 Å². The number of aryl methyl sites for hydroxylation is 1. The highest BCUT2D eigenvalue weighted by atomic mass is 32.2. The lowest BCUT2D eigenvalue weighted by Crippen LogP contribution is -2.25. The summed E-state index contributed by atoms with van der Waals surface area (Å²) in [6.07, 6.45) is 0.713. The monoisotopic (exact) mass is 313 g/mol. The maximum atomic E-state index is 12.3. The number of nitriles is 1. The third-order valence-electron chi connectivity index (χ3n) is 2.87. The number of sulfonamides is 1. The van der Waals surface area contributed by atoms with E-state index in [1.54, 1.807) is 20.8 Å². The average Bonchev–Trinajstić information content (AvgIpc) is 2.71. The zero-order chi connectivity index (χ0) is 16.0. The van der Waals surface area contributed by atoms with Gasteiger partial charge in [-0.3, -0.25) is 0 Å². The first kappa shape index (κ1) is 17.2. The van der Waals surface area contributed by atoms with Crippen LogP contribution in [-0.4, -0.2) is 32.5 Å². The lowest BCUT2D eigenvalue weighted by molar-refractivity contribution is 0.0519. The van der Waals surface area contributed by atoms with Crippen molar-refractivity contribution in [1.29, 1.82) is 5.26 Å². The van der Waals surface area contributed by atoms with Crippen molar-refractivity contribution < 1.29 is 17.9 Å². The van der Waals surface area contributed by atoms with E-state index in [-0.39, 0.29) is 30.2 Å². The van der Waals surface area contributed by atoms with Crippen molar-refractivity contribution in [2.24, 2.45) is 0 Å². The second kappa shape index (κ2) is 7.24. The SMILES string of the molecule is CCOC(=O)c1[nH]c(C)c(S(=O)(=O)NCCCC#N)c1C. The Morgan fingerprint density at radius 2 is 2.10 bits per heavy atom. The molecule has 0 amide bonds. The van der Waals surface area contributed by atoms with E-state index in [1.165, 1.54) is 0 Å². The number of esters is 1. The summed E-state index contributed by atoms with van der Waals surface area (Å²) in [7, 11) is -3.73. The molecule has 0 saturated heterocycles. The predicted octanol–water partition coefficient (Wildman–Crippen LogP) is 1.39. The summed E-state index contributed by atoms with van der Waals surface area (Å²) in [5, 5.41) is 8.43. The number of carbonyl (C=O) groups is 1. The largest absolute Gasteiger partial charge is 0.461 e. The molecule has 0 saturated carbocycles. The van der Waals surface area contributed by atoms with Crippen LogP contribution in [0, 0.1) is 25.2 Å². The van der Waals surface area contributed by atoms with Crippen LogP contribution in [-0.2, 0) is 14.8 Å². The van der Waals surface area contributed by atoms with E-state index in [9.17, 15) is 13.2 Å². The average molecular weight is 313 g/mol. The molecular formula is C13H19N3O4S. The highest BCUT2D eigenvalue weighted by Gasteiger charge is 2.26. The van der Waals surface area contributed by atoms with Gasteiger partial charge >= 0.3 is 5.97 Å². The molecule has 0 aliphatic carbocycles. The Kier molecular flexibility index (Phi) is 5.93. The maximum Gasteiger partial charge on any atom is 0.355 e. The molecule has 0 bridgehead atoms. The molecular weight excluding hydrogens is 294 g/mol. The molecule has 0 radical (unpaired) electrons. The number of nitrogens with zero attached hydrogens (tertiary/aromatic N) is 1. The van der Waals surface area contributed by atoms with Crippen LogP contribution in [0.15, 0.2) is 4.90 Å². The molecule has 0 aliphatic rings. The van der Waals surface area contributed by atoms with Crippen molar-refractivity contribution in [3.05, 3.63) is 17.0 Å². The minimum absolute atomic E-state index is 0.0579. The number of aromatic nitrogens is 1. The van der Waals surface area contributed by atoms with E-state index >= 15 is 0 Å². The zero-order valence-corrected chi connectivity index (χ0v) is 13.1. The van der Waals surface area contributed by atoms with Crippen LogP contribution in [0.3, 0.4) is 0 Å². The number of aromatic amines is 1. The first-order chi connectivity index (χ1) is 9.85. The van der Waals surface area contributed by atoms with Crippen LogP contribution in [0.4, 0.5) is 0 Å². The molecule has 1 rings (SSSR count). The highest BCUT2D eigenvalue weighted by Crippen LogP contribution is 2.23. The second-order valence-corrected chi connectivity index (χ2v) is 6.16. The van der Waals surface area contributed by atoms with E-state index in [0.717, 1.165) is 0 Å². The maximum absolute atomic E-state index is 12.3. The van der Waals surface area contributed by atoms with Crippen molar-refractivity contribution in [3.8, 4) is 6.07 Å². The molecule has 2 N–H and O–H groups in total. The fourth-order valence-electron chi connectivity index (χ4n) is 1.99. The van der Waals surface area contributed by atoms with Crippen LogP contribution in [0.1, 0.15) is 41.5 Å². The minimum Gasteiger partial charge on any atom is -0.461 e. The van der Waals surface area contributed by atoms with Gasteiger partial charge in [0.05, 0.1) is 12.7 Å². The van der Waals surface area contributed by atoms with Gasteiger partial charge in [0.25, 0.3) is 0 Å². The van der Waals surface area contributed by atoms with Crippen LogP contribution >= 0.6 is 0 Å². The number of rotatable bonds is 7. The van der Waals surface area contributed by atoms with Crippen molar-refractivity contribution in [1.82, 2.24) is 9.71 Å². The Morgan fingerprint density at radius 1 is 1.43 bits per heavy atom. The van der Waals surface area contributed by atoms with Crippen molar-refractivity contribution in [2.75, 3.05) is 13.2 Å². The van der Waals surface area contributed by atoms with Gasteiger partial charge in [0.15, 0.2) is 0 Å². The third kappa shape index (κ3) is 4.06. The smallest absolute Gasteiger partial charge is 0.355 e. The summed E-state index contributed by atoms with van der Waals surface area (Å²) >= 11 is 0. The fraction of sp³-hybridized carbons (Fsp3) is 0.538. The Morgan fingerprint density at radius 3 is 2.67 bits per heavy atom. The fourth-order valence-corrected chi connectivity index (χ4v) is 3.51. The van der Waals surface area contributed by atoms with E-state index < -0.39 is 16.0 Å². The summed E-state index contributed by atoms with van der Waals surface area (Å²) in [5.74, 6) is -0.580. The minimum atomic E-state index is -3.73. The summed E-state index contributed by atoms with van der Waals surface area (Å²) in [5.41, 5.74) is 0.855. The summed E-state index contributed by atoms with van der Waals surface area (Å²) < 4.78 is 31.8. The first-order valence-corrected chi connectivity index (χ1v) is 8.06. The zero-order valence-electron chi connectivity index (χ0n) is 12.3. The van der Waals surface area contributed by atoms with Crippen molar-refractivity contribution in [2.45, 2.75) is 38.5 Å². The second-order valence-electron chi connectivity index (χ2n) is 4.46. The first-order valence-electron chi connectivity index (χ1n) is 6.58. The number of unbranched alkanes of at least 4 members (excludes halogenated alkanes) is 1. The van der Waals surface area contributed by atoms with E-state index in [2.05, 4.69) is 9.71 Å². The van der Waals surface area contributed by atoms with Crippen molar-refractivity contribution in [3.63, 3.8) is 0 Å². The molecule has 116 valence electrons. The van der Waals surface area contributed by atoms with Gasteiger partial charge in [-0.1, -0.05) is 0 Å². The summed E-state index contributed by atoms with van der Waals surface area (Å²) in [4.78, 5) is 14.6. The molecule has 21 heavy (non-hydrogen) atoms. The molecule has 7 nitrogen and oxygen atoms in total. The number of H-pyrrole nitrogens is 1. The number of ether oxygens (including phenoxy) is 1. The molecule has 0 atom stereocenters. The van der Waals surface area contributed by atoms with Crippen LogP contribution in [0.2, 0.25) is 0 Å². The van der Waals surface area contributed by atoms with Gasteiger partial charge in [-0.2, -0.15) is 5.26 Å². The molecule has 0 aliphatic heterocycles. The molecule has 1 aromatic rings. The summed E-state index contributed by atoms with van der Waals surface area (Å²) in [6.45, 7) is 5.20. The molecule has 1 heterocycles. The van der Waals surface area contributed by atoms with Gasteiger partial charge in [0.1, 0.15) is 10.6 Å². The molecule has 0 spiro atoms. The van der Waals surface area contributed by atoms with Crippen LogP contribution < -0.4 is 4.72 Å². The van der Waals surface area contributed by atoms with Crippen LogP contribution in [0.25, 0.3) is 0 Å². The van der Waals surface area contributed by atoms with Gasteiger partial charge in [-0.25, -0.2) is 17.9 Å². The van der Waals surface area contributed by atoms with Gasteiger partial charge in [-0.05, 0) is 27.2 Å².